The van der Waals surface area contributed by atoms with Crippen molar-refractivity contribution in [1.29, 1.82) is 0 Å². The van der Waals surface area contributed by atoms with Crippen LogP contribution < -0.4 is 0 Å². The number of hydrogen-bond donors (Lipinski definition) is 0. The van der Waals surface area contributed by atoms with Gasteiger partial charge in [0, 0.05) is 0 Å². The SMILES string of the molecule is COC(=O)C(OC(C)(C)C)C(C)(C)C. The minimum Gasteiger partial charge on any atom is -0.467 e. The summed E-state index contributed by atoms with van der Waals surface area (Å²) in [4.78, 5) is 11.5. The third-order valence-corrected chi connectivity index (χ3v) is 1.67. The number of methoxy groups -OCH3 is 1. The maximum absolute atomic E-state index is 11.5. The summed E-state index contributed by atoms with van der Waals surface area (Å²) in [6.07, 6.45) is -0.521. The molecule has 0 fully saturated rings. The zero-order valence-electron chi connectivity index (χ0n) is 10.3. The normalized spacial score (nSPS) is 15.1. The van der Waals surface area contributed by atoms with Crippen LogP contribution >= 0.6 is 0 Å². The Bertz CT molecular complexity index is 196. The molecule has 3 nitrogen and oxygen atoms in total. The molecule has 0 aromatic carbocycles. The predicted octanol–water partition coefficient (Wildman–Crippen LogP) is 2.39. The number of carbonyl (C=O) groups excluding carboxylic acids is 1. The molecule has 3 heteroatoms. The second-order valence-electron chi connectivity index (χ2n) is 5.50. The third-order valence-electron chi connectivity index (χ3n) is 1.67. The van der Waals surface area contributed by atoms with Gasteiger partial charge in [-0.1, -0.05) is 20.8 Å². The van der Waals surface area contributed by atoms with Crippen LogP contribution in [0.2, 0.25) is 0 Å². The van der Waals surface area contributed by atoms with Crippen molar-refractivity contribution in [3.05, 3.63) is 0 Å². The van der Waals surface area contributed by atoms with Gasteiger partial charge in [-0.05, 0) is 26.2 Å². The van der Waals surface area contributed by atoms with E-state index in [-0.39, 0.29) is 17.0 Å². The Kier molecular flexibility index (Phi) is 4.13. The van der Waals surface area contributed by atoms with Crippen LogP contribution in [-0.2, 0) is 14.3 Å². The standard InChI is InChI=1S/C11H22O3/c1-10(2,3)8(9(12)13-7)14-11(4,5)6/h8H,1-7H3. The van der Waals surface area contributed by atoms with Crippen LogP contribution in [0.1, 0.15) is 41.5 Å². The average molecular weight is 202 g/mol. The smallest absolute Gasteiger partial charge is 0.335 e. The molecule has 84 valence electrons. The van der Waals surface area contributed by atoms with Crippen molar-refractivity contribution in [3.63, 3.8) is 0 Å². The Hall–Kier alpha value is -0.570. The highest BCUT2D eigenvalue weighted by Crippen LogP contribution is 2.27. The Morgan fingerprint density at radius 1 is 1.07 bits per heavy atom. The first-order chi connectivity index (χ1) is 6.08. The second kappa shape index (κ2) is 4.30. The molecule has 1 unspecified atom stereocenters. The van der Waals surface area contributed by atoms with Crippen LogP contribution in [0.3, 0.4) is 0 Å². The van der Waals surface area contributed by atoms with Crippen molar-refractivity contribution >= 4 is 5.97 Å². The summed E-state index contributed by atoms with van der Waals surface area (Å²) < 4.78 is 10.4. The molecule has 0 N–H and O–H groups in total. The molecule has 14 heavy (non-hydrogen) atoms. The Morgan fingerprint density at radius 3 is 1.71 bits per heavy atom. The fourth-order valence-electron chi connectivity index (χ4n) is 1.04. The first-order valence-electron chi connectivity index (χ1n) is 4.83. The zero-order valence-corrected chi connectivity index (χ0v) is 10.3. The van der Waals surface area contributed by atoms with Gasteiger partial charge in [0.05, 0.1) is 12.7 Å². The maximum Gasteiger partial charge on any atom is 0.335 e. The fourth-order valence-corrected chi connectivity index (χ4v) is 1.04. The predicted molar refractivity (Wildman–Crippen MR) is 56.1 cm³/mol. The highest BCUT2D eigenvalue weighted by molar-refractivity contribution is 5.75. The van der Waals surface area contributed by atoms with E-state index in [4.69, 9.17) is 9.47 Å². The summed E-state index contributed by atoms with van der Waals surface area (Å²) in [7, 11) is 1.38. The number of hydrogen-bond acceptors (Lipinski definition) is 3. The van der Waals surface area contributed by atoms with Crippen molar-refractivity contribution in [2.45, 2.75) is 53.2 Å². The molecule has 0 radical (unpaired) electrons. The van der Waals surface area contributed by atoms with Crippen molar-refractivity contribution in [3.8, 4) is 0 Å². The molecular weight excluding hydrogens is 180 g/mol. The quantitative estimate of drug-likeness (QED) is 0.645. The summed E-state index contributed by atoms with van der Waals surface area (Å²) in [5.74, 6) is -0.313. The minimum atomic E-state index is -0.521. The number of carbonyl (C=O) groups is 1. The van der Waals surface area contributed by atoms with Crippen molar-refractivity contribution in [2.75, 3.05) is 7.11 Å². The molecule has 0 aliphatic carbocycles. The lowest BCUT2D eigenvalue weighted by molar-refractivity contribution is -0.175. The number of rotatable bonds is 2. The van der Waals surface area contributed by atoms with Crippen LogP contribution in [0.5, 0.6) is 0 Å². The van der Waals surface area contributed by atoms with E-state index in [0.717, 1.165) is 0 Å². The molecule has 0 aromatic rings. The molecule has 0 spiro atoms. The van der Waals surface area contributed by atoms with Gasteiger partial charge in [0.15, 0.2) is 6.10 Å². The van der Waals surface area contributed by atoms with Crippen LogP contribution in [0.4, 0.5) is 0 Å². The van der Waals surface area contributed by atoms with E-state index in [2.05, 4.69) is 0 Å². The Balaban J connectivity index is 4.67. The van der Waals surface area contributed by atoms with E-state index >= 15 is 0 Å². The molecule has 0 rings (SSSR count). The van der Waals surface area contributed by atoms with Gasteiger partial charge in [-0.3, -0.25) is 0 Å². The van der Waals surface area contributed by atoms with E-state index in [1.54, 1.807) is 0 Å². The summed E-state index contributed by atoms with van der Waals surface area (Å²) in [6, 6.07) is 0. The summed E-state index contributed by atoms with van der Waals surface area (Å²) in [6.45, 7) is 11.7. The van der Waals surface area contributed by atoms with Crippen molar-refractivity contribution in [1.82, 2.24) is 0 Å². The molecular formula is C11H22O3. The molecule has 0 saturated carbocycles. The van der Waals surface area contributed by atoms with Gasteiger partial charge < -0.3 is 9.47 Å². The van der Waals surface area contributed by atoms with Crippen LogP contribution in [0.15, 0.2) is 0 Å². The van der Waals surface area contributed by atoms with E-state index in [0.29, 0.717) is 0 Å². The van der Waals surface area contributed by atoms with Gasteiger partial charge in [-0.2, -0.15) is 0 Å². The molecule has 0 aliphatic rings. The van der Waals surface area contributed by atoms with Gasteiger partial charge in [0.1, 0.15) is 0 Å². The maximum atomic E-state index is 11.5. The topological polar surface area (TPSA) is 35.5 Å². The molecule has 0 aromatic heterocycles. The molecule has 0 aliphatic heterocycles. The second-order valence-corrected chi connectivity index (χ2v) is 5.50. The monoisotopic (exact) mass is 202 g/mol. The largest absolute Gasteiger partial charge is 0.467 e. The fraction of sp³-hybridized carbons (Fsp3) is 0.909. The van der Waals surface area contributed by atoms with E-state index in [9.17, 15) is 4.79 Å². The molecule has 0 heterocycles. The third kappa shape index (κ3) is 4.61. The highest BCUT2D eigenvalue weighted by atomic mass is 16.6. The lowest BCUT2D eigenvalue weighted by atomic mass is 9.88. The molecule has 0 amide bonds. The highest BCUT2D eigenvalue weighted by Gasteiger charge is 2.36. The van der Waals surface area contributed by atoms with Crippen LogP contribution in [0.25, 0.3) is 0 Å². The minimum absolute atomic E-state index is 0.250. The van der Waals surface area contributed by atoms with Gasteiger partial charge in [0.2, 0.25) is 0 Å². The summed E-state index contributed by atoms with van der Waals surface area (Å²) in [5, 5.41) is 0. The Morgan fingerprint density at radius 2 is 1.50 bits per heavy atom. The van der Waals surface area contributed by atoms with Crippen LogP contribution in [0, 0.1) is 5.41 Å². The number of esters is 1. The first kappa shape index (κ1) is 13.4. The van der Waals surface area contributed by atoms with E-state index < -0.39 is 6.10 Å². The summed E-state index contributed by atoms with van der Waals surface area (Å²) in [5.41, 5.74) is -0.591. The zero-order chi connectivity index (χ0) is 11.6. The van der Waals surface area contributed by atoms with Crippen molar-refractivity contribution < 1.29 is 14.3 Å². The van der Waals surface area contributed by atoms with Gasteiger partial charge in [-0.15, -0.1) is 0 Å². The molecule has 1 atom stereocenters. The lowest BCUT2D eigenvalue weighted by Gasteiger charge is -2.34. The van der Waals surface area contributed by atoms with Crippen molar-refractivity contribution in [2.24, 2.45) is 5.41 Å². The van der Waals surface area contributed by atoms with Gasteiger partial charge >= 0.3 is 5.97 Å². The lowest BCUT2D eigenvalue weighted by Crippen LogP contribution is -2.42. The van der Waals surface area contributed by atoms with E-state index in [1.165, 1.54) is 7.11 Å². The molecule has 0 saturated heterocycles. The van der Waals surface area contributed by atoms with Crippen LogP contribution in [-0.4, -0.2) is 24.8 Å². The number of ether oxygens (including phenoxy) is 2. The summed E-state index contributed by atoms with van der Waals surface area (Å²) >= 11 is 0. The van der Waals surface area contributed by atoms with Gasteiger partial charge in [0.25, 0.3) is 0 Å². The Labute approximate surface area is 86.8 Å². The molecule has 0 bridgehead atoms. The first-order valence-corrected chi connectivity index (χ1v) is 4.83. The van der Waals surface area contributed by atoms with Gasteiger partial charge in [-0.25, -0.2) is 4.79 Å². The average Bonchev–Trinajstić information content (AvgIpc) is 1.95. The van der Waals surface area contributed by atoms with E-state index in [1.807, 2.05) is 41.5 Å².